The van der Waals surface area contributed by atoms with Crippen LogP contribution in [0.3, 0.4) is 0 Å². The van der Waals surface area contributed by atoms with Crippen LogP contribution >= 0.6 is 27.5 Å². The lowest BCUT2D eigenvalue weighted by atomic mass is 10.00. The molecule has 0 spiro atoms. The predicted octanol–water partition coefficient (Wildman–Crippen LogP) is 4.60. The van der Waals surface area contributed by atoms with Crippen LogP contribution in [0.25, 0.3) is 0 Å². The van der Waals surface area contributed by atoms with E-state index in [0.717, 1.165) is 27.8 Å². The summed E-state index contributed by atoms with van der Waals surface area (Å²) in [4.78, 5) is 12.3. The molecule has 0 saturated carbocycles. The van der Waals surface area contributed by atoms with Crippen LogP contribution in [-0.4, -0.2) is 12.4 Å². The first-order chi connectivity index (χ1) is 10.0. The van der Waals surface area contributed by atoms with E-state index in [1.54, 1.807) is 0 Å². The van der Waals surface area contributed by atoms with E-state index < -0.39 is 5.82 Å². The van der Waals surface area contributed by atoms with Gasteiger partial charge in [-0.3, -0.25) is 4.79 Å². The molecule has 0 saturated heterocycles. The minimum atomic E-state index is -0.558. The van der Waals surface area contributed by atoms with Gasteiger partial charge in [-0.15, -0.1) is 0 Å². The molecule has 2 nitrogen and oxygen atoms in total. The van der Waals surface area contributed by atoms with Gasteiger partial charge < -0.3 is 4.74 Å². The Morgan fingerprint density at radius 2 is 2.14 bits per heavy atom. The van der Waals surface area contributed by atoms with Crippen molar-refractivity contribution in [3.05, 3.63) is 62.3 Å². The normalized spacial score (nSPS) is 12.9. The Balaban J connectivity index is 1.94. The Hall–Kier alpha value is -1.39. The second kappa shape index (κ2) is 5.78. The van der Waals surface area contributed by atoms with Crippen molar-refractivity contribution in [2.45, 2.75) is 12.8 Å². The van der Waals surface area contributed by atoms with Crippen molar-refractivity contribution in [1.82, 2.24) is 0 Å². The molecule has 108 valence electrons. The number of halogens is 3. The quantitative estimate of drug-likeness (QED) is 0.739. The van der Waals surface area contributed by atoms with Crippen LogP contribution in [-0.2, 0) is 12.8 Å². The lowest BCUT2D eigenvalue weighted by Gasteiger charge is -2.09. The van der Waals surface area contributed by atoms with E-state index in [0.29, 0.717) is 11.6 Å². The van der Waals surface area contributed by atoms with Crippen molar-refractivity contribution in [3.8, 4) is 5.75 Å². The number of ketones is 1. The van der Waals surface area contributed by atoms with E-state index in [4.69, 9.17) is 16.3 Å². The Bertz CT molecular complexity index is 730. The fraction of sp³-hybridized carbons (Fsp3) is 0.188. The number of carbonyl (C=O) groups excluding carboxylic acids is 1. The second-order valence-electron chi connectivity index (χ2n) is 4.88. The van der Waals surface area contributed by atoms with Gasteiger partial charge in [0.25, 0.3) is 0 Å². The average molecular weight is 370 g/mol. The summed E-state index contributed by atoms with van der Waals surface area (Å²) in [6, 6.07) is 7.81. The number of carbonyl (C=O) groups is 1. The predicted molar refractivity (Wildman–Crippen MR) is 82.8 cm³/mol. The standard InChI is InChI=1S/C16H11BrClFO2/c17-11-5-9-3-4-21-16(9)10(6-11)7-15(20)13-8-12(18)1-2-14(13)19/h1-2,5-6,8H,3-4,7H2. The molecule has 2 aromatic rings. The fourth-order valence-corrected chi connectivity index (χ4v) is 3.18. The zero-order valence-corrected chi connectivity index (χ0v) is 13.3. The van der Waals surface area contributed by atoms with E-state index in [1.165, 1.54) is 18.2 Å². The number of fused-ring (bicyclic) bond motifs is 1. The molecule has 21 heavy (non-hydrogen) atoms. The van der Waals surface area contributed by atoms with Crippen LogP contribution in [0.1, 0.15) is 21.5 Å². The highest BCUT2D eigenvalue weighted by molar-refractivity contribution is 9.10. The van der Waals surface area contributed by atoms with Gasteiger partial charge in [0.1, 0.15) is 11.6 Å². The molecule has 0 aliphatic carbocycles. The average Bonchev–Trinajstić information content (AvgIpc) is 2.89. The smallest absolute Gasteiger partial charge is 0.170 e. The summed E-state index contributed by atoms with van der Waals surface area (Å²) in [6.07, 6.45) is 0.903. The molecule has 0 bridgehead atoms. The van der Waals surface area contributed by atoms with Gasteiger partial charge in [0.15, 0.2) is 5.78 Å². The molecule has 1 heterocycles. The summed E-state index contributed by atoms with van der Waals surface area (Å²) < 4.78 is 20.2. The lowest BCUT2D eigenvalue weighted by Crippen LogP contribution is -2.07. The molecule has 0 aromatic heterocycles. The number of ether oxygens (including phenoxy) is 1. The third-order valence-electron chi connectivity index (χ3n) is 3.41. The minimum Gasteiger partial charge on any atom is -0.493 e. The molecule has 0 atom stereocenters. The highest BCUT2D eigenvalue weighted by Gasteiger charge is 2.21. The maximum atomic E-state index is 13.8. The first-order valence-corrected chi connectivity index (χ1v) is 7.64. The van der Waals surface area contributed by atoms with Gasteiger partial charge in [0.05, 0.1) is 12.2 Å². The van der Waals surface area contributed by atoms with Gasteiger partial charge in [-0.25, -0.2) is 4.39 Å². The number of rotatable bonds is 3. The molecule has 1 aliphatic rings. The summed E-state index contributed by atoms with van der Waals surface area (Å²) >= 11 is 9.26. The van der Waals surface area contributed by atoms with Gasteiger partial charge >= 0.3 is 0 Å². The highest BCUT2D eigenvalue weighted by Crippen LogP contribution is 2.34. The molecular weight excluding hydrogens is 359 g/mol. The summed E-state index contributed by atoms with van der Waals surface area (Å²) in [5.41, 5.74) is 1.84. The SMILES string of the molecule is O=C(Cc1cc(Br)cc2c1OCC2)c1cc(Cl)ccc1F. The molecular formula is C16H11BrClFO2. The van der Waals surface area contributed by atoms with Crippen LogP contribution < -0.4 is 4.74 Å². The van der Waals surface area contributed by atoms with Gasteiger partial charge in [-0.2, -0.15) is 0 Å². The number of benzene rings is 2. The number of Topliss-reactive ketones (excluding diaryl/α,β-unsaturated/α-hetero) is 1. The van der Waals surface area contributed by atoms with Crippen LogP contribution in [0.5, 0.6) is 5.75 Å². The Morgan fingerprint density at radius 3 is 2.95 bits per heavy atom. The van der Waals surface area contributed by atoms with E-state index in [1.807, 2.05) is 12.1 Å². The molecule has 0 radical (unpaired) electrons. The van der Waals surface area contributed by atoms with Crippen molar-refractivity contribution in [2.75, 3.05) is 6.61 Å². The molecule has 5 heteroatoms. The number of hydrogen-bond acceptors (Lipinski definition) is 2. The molecule has 3 rings (SSSR count). The Morgan fingerprint density at radius 1 is 1.33 bits per heavy atom. The van der Waals surface area contributed by atoms with Crippen molar-refractivity contribution in [3.63, 3.8) is 0 Å². The molecule has 0 amide bonds. The van der Waals surface area contributed by atoms with Gasteiger partial charge in [-0.1, -0.05) is 27.5 Å². The first-order valence-electron chi connectivity index (χ1n) is 6.47. The molecule has 1 aliphatic heterocycles. The third-order valence-corrected chi connectivity index (χ3v) is 4.10. The van der Waals surface area contributed by atoms with Gasteiger partial charge in [0.2, 0.25) is 0 Å². The van der Waals surface area contributed by atoms with Gasteiger partial charge in [0, 0.05) is 27.9 Å². The van der Waals surface area contributed by atoms with E-state index in [-0.39, 0.29) is 17.8 Å². The Kier molecular flexibility index (Phi) is 4.00. The molecule has 0 N–H and O–H groups in total. The van der Waals surface area contributed by atoms with Crippen molar-refractivity contribution in [2.24, 2.45) is 0 Å². The largest absolute Gasteiger partial charge is 0.493 e. The molecule has 0 fully saturated rings. The van der Waals surface area contributed by atoms with Crippen molar-refractivity contribution < 1.29 is 13.9 Å². The monoisotopic (exact) mass is 368 g/mol. The van der Waals surface area contributed by atoms with Crippen molar-refractivity contribution >= 4 is 33.3 Å². The summed E-state index contributed by atoms with van der Waals surface area (Å²) in [7, 11) is 0. The summed E-state index contributed by atoms with van der Waals surface area (Å²) in [5, 5.41) is 0.343. The lowest BCUT2D eigenvalue weighted by molar-refractivity contribution is 0.0988. The van der Waals surface area contributed by atoms with Crippen LogP contribution in [0, 0.1) is 5.82 Å². The first kappa shape index (κ1) is 14.5. The maximum absolute atomic E-state index is 13.8. The zero-order valence-electron chi connectivity index (χ0n) is 11.0. The molecule has 0 unspecified atom stereocenters. The Labute approximate surface area is 135 Å². The number of hydrogen-bond donors (Lipinski definition) is 0. The summed E-state index contributed by atoms with van der Waals surface area (Å²) in [5.74, 6) is -0.128. The van der Waals surface area contributed by atoms with Crippen LogP contribution in [0.2, 0.25) is 5.02 Å². The third kappa shape index (κ3) is 2.97. The van der Waals surface area contributed by atoms with Crippen LogP contribution in [0.4, 0.5) is 4.39 Å². The van der Waals surface area contributed by atoms with E-state index >= 15 is 0 Å². The fourth-order valence-electron chi connectivity index (χ4n) is 2.46. The summed E-state index contributed by atoms with van der Waals surface area (Å²) in [6.45, 7) is 0.610. The maximum Gasteiger partial charge on any atom is 0.170 e. The zero-order chi connectivity index (χ0) is 15.0. The highest BCUT2D eigenvalue weighted by atomic mass is 79.9. The van der Waals surface area contributed by atoms with Crippen LogP contribution in [0.15, 0.2) is 34.8 Å². The second-order valence-corrected chi connectivity index (χ2v) is 6.23. The van der Waals surface area contributed by atoms with E-state index in [2.05, 4.69) is 15.9 Å². The minimum absolute atomic E-state index is 0.00854. The van der Waals surface area contributed by atoms with Gasteiger partial charge in [-0.05, 0) is 35.9 Å². The topological polar surface area (TPSA) is 26.3 Å². The van der Waals surface area contributed by atoms with E-state index in [9.17, 15) is 9.18 Å². The molecule has 2 aromatic carbocycles. The van der Waals surface area contributed by atoms with Crippen molar-refractivity contribution in [1.29, 1.82) is 0 Å².